The molecule has 1 amide bonds. The van der Waals surface area contributed by atoms with Crippen LogP contribution in [0.3, 0.4) is 0 Å². The highest BCUT2D eigenvalue weighted by molar-refractivity contribution is 7.92. The summed E-state index contributed by atoms with van der Waals surface area (Å²) in [6.45, 7) is 10.4. The van der Waals surface area contributed by atoms with E-state index in [9.17, 15) is 13.2 Å². The highest BCUT2D eigenvalue weighted by atomic mass is 32.2. The molecule has 1 aliphatic rings. The van der Waals surface area contributed by atoms with Gasteiger partial charge in [-0.3, -0.25) is 9.52 Å². The fourth-order valence-electron chi connectivity index (χ4n) is 3.30. The second-order valence-corrected chi connectivity index (χ2v) is 10.3. The second-order valence-electron chi connectivity index (χ2n) is 8.63. The molecule has 0 aromatic heterocycles. The molecule has 5 nitrogen and oxygen atoms in total. The van der Waals surface area contributed by atoms with Crippen molar-refractivity contribution in [1.29, 1.82) is 0 Å². The van der Waals surface area contributed by atoms with Gasteiger partial charge in [0.05, 0.1) is 10.6 Å². The number of hydrogen-bond donors (Lipinski definition) is 1. The van der Waals surface area contributed by atoms with E-state index < -0.39 is 15.4 Å². The number of rotatable bonds is 4. The average Bonchev–Trinajstić information content (AvgIpc) is 3.03. The van der Waals surface area contributed by atoms with Crippen LogP contribution in [0.1, 0.15) is 51.7 Å². The number of benzene rings is 2. The largest absolute Gasteiger partial charge is 0.311 e. The van der Waals surface area contributed by atoms with Crippen LogP contribution in [0, 0.1) is 5.41 Å². The molecule has 2 aromatic carbocycles. The van der Waals surface area contributed by atoms with Crippen molar-refractivity contribution >= 4 is 27.3 Å². The first kappa shape index (κ1) is 20.4. The maximum absolute atomic E-state index is 12.8. The Labute approximate surface area is 167 Å². The van der Waals surface area contributed by atoms with Crippen molar-refractivity contribution in [3.63, 3.8) is 0 Å². The number of anilines is 2. The first-order chi connectivity index (χ1) is 13.0. The van der Waals surface area contributed by atoms with Gasteiger partial charge in [-0.05, 0) is 47.7 Å². The highest BCUT2D eigenvalue weighted by Gasteiger charge is 2.32. The molecule has 0 atom stereocenters. The number of fused-ring (bicyclic) bond motifs is 1. The van der Waals surface area contributed by atoms with Crippen molar-refractivity contribution < 1.29 is 13.2 Å². The average molecular weight is 401 g/mol. The van der Waals surface area contributed by atoms with E-state index in [4.69, 9.17) is 0 Å². The zero-order valence-electron chi connectivity index (χ0n) is 17.1. The van der Waals surface area contributed by atoms with Crippen LogP contribution in [-0.2, 0) is 21.2 Å². The third-order valence-corrected chi connectivity index (χ3v) is 6.37. The summed E-state index contributed by atoms with van der Waals surface area (Å²) in [5, 5.41) is 0. The molecule has 1 aliphatic heterocycles. The minimum Gasteiger partial charge on any atom is -0.311 e. The summed E-state index contributed by atoms with van der Waals surface area (Å²) in [7, 11) is -3.69. The summed E-state index contributed by atoms with van der Waals surface area (Å²) >= 11 is 0. The van der Waals surface area contributed by atoms with Crippen LogP contribution in [0.15, 0.2) is 47.4 Å². The lowest BCUT2D eigenvalue weighted by atomic mass is 9.94. The summed E-state index contributed by atoms with van der Waals surface area (Å²) in [5.74, 6) is 0.378. The van der Waals surface area contributed by atoms with Crippen molar-refractivity contribution in [2.75, 3.05) is 16.2 Å². The van der Waals surface area contributed by atoms with Crippen LogP contribution in [0.2, 0.25) is 0 Å². The van der Waals surface area contributed by atoms with E-state index in [-0.39, 0.29) is 10.8 Å². The molecule has 0 radical (unpaired) electrons. The number of nitrogens with zero attached hydrogens (tertiary/aromatic N) is 1. The maximum Gasteiger partial charge on any atom is 0.261 e. The highest BCUT2D eigenvalue weighted by Crippen LogP contribution is 2.34. The quantitative estimate of drug-likeness (QED) is 0.819. The van der Waals surface area contributed by atoms with Gasteiger partial charge in [0.1, 0.15) is 0 Å². The standard InChI is InChI=1S/C22H28N2O3S/c1-15(2)16-7-10-19(11-8-16)28(26,27)23-18-9-6-17-12-13-24(20(17)14-18)21(25)22(3,4)5/h6-11,14-15,23H,12-13H2,1-5H3. The molecule has 2 aromatic rings. The Kier molecular flexibility index (Phi) is 5.28. The third kappa shape index (κ3) is 4.07. The Hall–Kier alpha value is -2.34. The Morgan fingerprint density at radius 2 is 1.71 bits per heavy atom. The molecule has 0 fully saturated rings. The van der Waals surface area contributed by atoms with Crippen molar-refractivity contribution in [3.05, 3.63) is 53.6 Å². The predicted molar refractivity (Wildman–Crippen MR) is 113 cm³/mol. The molecule has 1 heterocycles. The molecule has 1 N–H and O–H groups in total. The smallest absolute Gasteiger partial charge is 0.261 e. The lowest BCUT2D eigenvalue weighted by Gasteiger charge is -2.26. The zero-order valence-corrected chi connectivity index (χ0v) is 17.9. The van der Waals surface area contributed by atoms with E-state index in [2.05, 4.69) is 18.6 Å². The third-order valence-electron chi connectivity index (χ3n) is 4.98. The van der Waals surface area contributed by atoms with E-state index in [0.717, 1.165) is 23.2 Å². The summed E-state index contributed by atoms with van der Waals surface area (Å²) < 4.78 is 28.2. The van der Waals surface area contributed by atoms with E-state index in [1.807, 2.05) is 39.0 Å². The topological polar surface area (TPSA) is 66.5 Å². The molecule has 0 spiro atoms. The first-order valence-electron chi connectivity index (χ1n) is 9.57. The van der Waals surface area contributed by atoms with Gasteiger partial charge in [0.25, 0.3) is 10.0 Å². The van der Waals surface area contributed by atoms with Gasteiger partial charge >= 0.3 is 0 Å². The van der Waals surface area contributed by atoms with E-state index >= 15 is 0 Å². The van der Waals surface area contributed by atoms with Crippen LogP contribution in [0.5, 0.6) is 0 Å². The minimum absolute atomic E-state index is 0.0375. The number of carbonyl (C=O) groups is 1. The molecule has 6 heteroatoms. The summed E-state index contributed by atoms with van der Waals surface area (Å²) in [5.41, 5.74) is 2.90. The summed E-state index contributed by atoms with van der Waals surface area (Å²) in [4.78, 5) is 14.7. The minimum atomic E-state index is -3.69. The normalized spacial score (nSPS) is 14.3. The SMILES string of the molecule is CC(C)c1ccc(S(=O)(=O)Nc2ccc3c(c2)N(C(=O)C(C)(C)C)CC3)cc1. The lowest BCUT2D eigenvalue weighted by Crippen LogP contribution is -2.38. The molecule has 150 valence electrons. The van der Waals surface area contributed by atoms with Gasteiger partial charge in [-0.1, -0.05) is 52.8 Å². The molecule has 0 unspecified atom stereocenters. The van der Waals surface area contributed by atoms with Crippen molar-refractivity contribution in [2.24, 2.45) is 5.41 Å². The van der Waals surface area contributed by atoms with E-state index in [1.54, 1.807) is 29.2 Å². The van der Waals surface area contributed by atoms with E-state index in [0.29, 0.717) is 18.2 Å². The van der Waals surface area contributed by atoms with Gasteiger partial charge in [-0.25, -0.2) is 8.42 Å². The number of sulfonamides is 1. The number of nitrogens with one attached hydrogen (secondary N) is 1. The monoisotopic (exact) mass is 400 g/mol. The molecule has 0 bridgehead atoms. The summed E-state index contributed by atoms with van der Waals surface area (Å²) in [6.07, 6.45) is 0.779. The fourth-order valence-corrected chi connectivity index (χ4v) is 4.35. The van der Waals surface area contributed by atoms with Crippen LogP contribution >= 0.6 is 0 Å². The molecule has 3 rings (SSSR count). The fraction of sp³-hybridized carbons (Fsp3) is 0.409. The number of carbonyl (C=O) groups excluding carboxylic acids is 1. The zero-order chi connectivity index (χ0) is 20.7. The van der Waals surface area contributed by atoms with Gasteiger partial charge in [0, 0.05) is 17.6 Å². The van der Waals surface area contributed by atoms with Crippen LogP contribution < -0.4 is 9.62 Å². The lowest BCUT2D eigenvalue weighted by molar-refractivity contribution is -0.125. The van der Waals surface area contributed by atoms with Crippen LogP contribution in [-0.4, -0.2) is 20.9 Å². The Morgan fingerprint density at radius 3 is 2.29 bits per heavy atom. The maximum atomic E-state index is 12.8. The Bertz CT molecular complexity index is 987. The molecular formula is C22H28N2O3S. The molecule has 0 saturated heterocycles. The van der Waals surface area contributed by atoms with Crippen molar-refractivity contribution in [1.82, 2.24) is 0 Å². The van der Waals surface area contributed by atoms with Crippen molar-refractivity contribution in [3.8, 4) is 0 Å². The van der Waals surface area contributed by atoms with Gasteiger partial charge in [0.15, 0.2) is 0 Å². The number of hydrogen-bond acceptors (Lipinski definition) is 3. The van der Waals surface area contributed by atoms with Crippen molar-refractivity contribution in [2.45, 2.75) is 51.9 Å². The summed E-state index contributed by atoms with van der Waals surface area (Å²) in [6, 6.07) is 12.3. The predicted octanol–water partition coefficient (Wildman–Crippen LogP) is 4.55. The van der Waals surface area contributed by atoms with Gasteiger partial charge in [0.2, 0.25) is 5.91 Å². The molecule has 0 saturated carbocycles. The van der Waals surface area contributed by atoms with Gasteiger partial charge < -0.3 is 4.90 Å². The van der Waals surface area contributed by atoms with Gasteiger partial charge in [-0.2, -0.15) is 0 Å². The Balaban J connectivity index is 1.87. The van der Waals surface area contributed by atoms with Gasteiger partial charge in [-0.15, -0.1) is 0 Å². The Morgan fingerprint density at radius 1 is 1.07 bits per heavy atom. The van der Waals surface area contributed by atoms with Crippen LogP contribution in [0.25, 0.3) is 0 Å². The first-order valence-corrected chi connectivity index (χ1v) is 11.0. The molecule has 0 aliphatic carbocycles. The number of amides is 1. The van der Waals surface area contributed by atoms with E-state index in [1.165, 1.54) is 0 Å². The molecular weight excluding hydrogens is 372 g/mol. The van der Waals surface area contributed by atoms with Crippen LogP contribution in [0.4, 0.5) is 11.4 Å². The second kappa shape index (κ2) is 7.24. The molecule has 28 heavy (non-hydrogen) atoms.